The van der Waals surface area contributed by atoms with Crippen molar-refractivity contribution in [3.8, 4) is 11.3 Å². The minimum Gasteiger partial charge on any atom is -0.374 e. The molecule has 3 aromatic rings. The highest BCUT2D eigenvalue weighted by atomic mass is 35.5. The second-order valence-electron chi connectivity index (χ2n) is 5.69. The highest BCUT2D eigenvalue weighted by Gasteiger charge is 2.13. The van der Waals surface area contributed by atoms with Crippen LogP contribution in [0.15, 0.2) is 53.9 Å². The van der Waals surface area contributed by atoms with Gasteiger partial charge in [-0.1, -0.05) is 29.8 Å². The Morgan fingerprint density at radius 2 is 1.92 bits per heavy atom. The average Bonchev–Trinajstić information content (AvgIpc) is 3.02. The highest BCUT2D eigenvalue weighted by Crippen LogP contribution is 2.23. The highest BCUT2D eigenvalue weighted by molar-refractivity contribution is 7.09. The summed E-state index contributed by atoms with van der Waals surface area (Å²) < 4.78 is 0. The number of rotatable bonds is 5. The normalized spacial score (nSPS) is 11.8. The summed E-state index contributed by atoms with van der Waals surface area (Å²) in [7, 11) is 0. The van der Waals surface area contributed by atoms with Gasteiger partial charge in [-0.05, 0) is 44.2 Å². The van der Waals surface area contributed by atoms with Crippen LogP contribution in [-0.4, -0.2) is 16.9 Å². The van der Waals surface area contributed by atoms with Crippen LogP contribution in [0.25, 0.3) is 11.3 Å². The molecule has 0 spiro atoms. The third-order valence-electron chi connectivity index (χ3n) is 3.67. The van der Waals surface area contributed by atoms with Crippen molar-refractivity contribution >= 4 is 40.2 Å². The van der Waals surface area contributed by atoms with Crippen LogP contribution in [0.1, 0.15) is 11.9 Å². The first-order chi connectivity index (χ1) is 12.0. The average molecular weight is 372 g/mol. The molecule has 1 unspecified atom stereocenters. The SMILES string of the molecule is Cc1nc(-c2ccc(NC(C)C(=O)Nc3cccc(Cl)c3)cc2)cs1. The Morgan fingerprint density at radius 1 is 1.16 bits per heavy atom. The number of amides is 1. The van der Waals surface area contributed by atoms with Gasteiger partial charge in [0.15, 0.2) is 0 Å². The summed E-state index contributed by atoms with van der Waals surface area (Å²) >= 11 is 7.56. The zero-order chi connectivity index (χ0) is 17.8. The maximum absolute atomic E-state index is 12.3. The minimum absolute atomic E-state index is 0.124. The Kier molecular flexibility index (Phi) is 5.36. The first kappa shape index (κ1) is 17.5. The molecule has 0 radical (unpaired) electrons. The first-order valence-electron chi connectivity index (χ1n) is 7.87. The van der Waals surface area contributed by atoms with Gasteiger partial charge in [-0.3, -0.25) is 4.79 Å². The molecule has 2 N–H and O–H groups in total. The van der Waals surface area contributed by atoms with Crippen LogP contribution in [0.2, 0.25) is 5.02 Å². The number of nitrogens with zero attached hydrogens (tertiary/aromatic N) is 1. The Balaban J connectivity index is 1.62. The Labute approximate surface area is 155 Å². The molecule has 0 bridgehead atoms. The van der Waals surface area contributed by atoms with Crippen molar-refractivity contribution in [3.63, 3.8) is 0 Å². The van der Waals surface area contributed by atoms with E-state index < -0.39 is 0 Å². The molecule has 1 atom stereocenters. The second-order valence-corrected chi connectivity index (χ2v) is 7.19. The van der Waals surface area contributed by atoms with Gasteiger partial charge in [0.1, 0.15) is 6.04 Å². The van der Waals surface area contributed by atoms with E-state index in [1.54, 1.807) is 35.6 Å². The molecule has 0 aliphatic carbocycles. The molecular formula is C19H18ClN3OS. The molecule has 4 nitrogen and oxygen atoms in total. The number of anilines is 2. The van der Waals surface area contributed by atoms with Crippen molar-refractivity contribution in [2.24, 2.45) is 0 Å². The van der Waals surface area contributed by atoms with Gasteiger partial charge in [-0.25, -0.2) is 4.98 Å². The van der Waals surface area contributed by atoms with Crippen molar-refractivity contribution in [3.05, 3.63) is 63.9 Å². The fourth-order valence-corrected chi connectivity index (χ4v) is 3.18. The summed E-state index contributed by atoms with van der Waals surface area (Å²) in [5.41, 5.74) is 3.59. The lowest BCUT2D eigenvalue weighted by molar-refractivity contribution is -0.116. The Bertz CT molecular complexity index is 876. The molecule has 0 saturated heterocycles. The van der Waals surface area contributed by atoms with E-state index >= 15 is 0 Å². The van der Waals surface area contributed by atoms with Gasteiger partial charge in [-0.15, -0.1) is 11.3 Å². The van der Waals surface area contributed by atoms with Crippen LogP contribution in [0, 0.1) is 6.92 Å². The number of thiazole rings is 1. The van der Waals surface area contributed by atoms with E-state index in [0.29, 0.717) is 10.7 Å². The van der Waals surface area contributed by atoms with Crippen molar-refractivity contribution < 1.29 is 4.79 Å². The number of benzene rings is 2. The van der Waals surface area contributed by atoms with Crippen LogP contribution in [0.4, 0.5) is 11.4 Å². The molecule has 1 heterocycles. The van der Waals surface area contributed by atoms with E-state index in [9.17, 15) is 4.79 Å². The number of hydrogen-bond acceptors (Lipinski definition) is 4. The van der Waals surface area contributed by atoms with Crippen LogP contribution >= 0.6 is 22.9 Å². The summed E-state index contributed by atoms with van der Waals surface area (Å²) in [4.78, 5) is 16.8. The molecule has 128 valence electrons. The summed E-state index contributed by atoms with van der Waals surface area (Å²) in [5, 5.41) is 9.72. The standard InChI is InChI=1S/C19H18ClN3OS/c1-12(19(24)23-17-5-3-4-15(20)10-17)21-16-8-6-14(7-9-16)18-11-25-13(2)22-18/h3-12,21H,1-2H3,(H,23,24). The number of halogens is 1. The van der Waals surface area contributed by atoms with E-state index in [1.165, 1.54) is 0 Å². The summed E-state index contributed by atoms with van der Waals surface area (Å²) in [5.74, 6) is -0.124. The van der Waals surface area contributed by atoms with Gasteiger partial charge in [0, 0.05) is 27.3 Å². The monoisotopic (exact) mass is 371 g/mol. The molecule has 6 heteroatoms. The van der Waals surface area contributed by atoms with Crippen molar-refractivity contribution in [2.75, 3.05) is 10.6 Å². The van der Waals surface area contributed by atoms with Crippen LogP contribution in [-0.2, 0) is 4.79 Å². The number of aryl methyl sites for hydroxylation is 1. The Hall–Kier alpha value is -2.37. The largest absolute Gasteiger partial charge is 0.374 e. The lowest BCUT2D eigenvalue weighted by Gasteiger charge is -2.15. The topological polar surface area (TPSA) is 54.0 Å². The third kappa shape index (κ3) is 4.59. The maximum Gasteiger partial charge on any atom is 0.246 e. The number of carbonyl (C=O) groups is 1. The molecule has 1 amide bonds. The maximum atomic E-state index is 12.3. The lowest BCUT2D eigenvalue weighted by atomic mass is 10.1. The fourth-order valence-electron chi connectivity index (χ4n) is 2.37. The summed E-state index contributed by atoms with van der Waals surface area (Å²) in [6, 6.07) is 14.6. The molecule has 0 aliphatic heterocycles. The smallest absolute Gasteiger partial charge is 0.246 e. The van der Waals surface area contributed by atoms with Crippen LogP contribution in [0.3, 0.4) is 0 Å². The van der Waals surface area contributed by atoms with E-state index in [4.69, 9.17) is 11.6 Å². The molecule has 0 fully saturated rings. The zero-order valence-corrected chi connectivity index (χ0v) is 15.5. The Morgan fingerprint density at radius 3 is 2.56 bits per heavy atom. The van der Waals surface area contributed by atoms with Gasteiger partial charge in [0.25, 0.3) is 0 Å². The van der Waals surface area contributed by atoms with Gasteiger partial charge in [0.05, 0.1) is 10.7 Å². The van der Waals surface area contributed by atoms with Crippen molar-refractivity contribution in [1.82, 2.24) is 4.98 Å². The molecule has 0 aliphatic rings. The van der Waals surface area contributed by atoms with E-state index in [2.05, 4.69) is 15.6 Å². The van der Waals surface area contributed by atoms with Gasteiger partial charge < -0.3 is 10.6 Å². The minimum atomic E-state index is -0.383. The number of nitrogens with one attached hydrogen (secondary N) is 2. The predicted molar refractivity (Wildman–Crippen MR) is 105 cm³/mol. The quantitative estimate of drug-likeness (QED) is 0.647. The third-order valence-corrected chi connectivity index (χ3v) is 4.68. The summed E-state index contributed by atoms with van der Waals surface area (Å²) in [6.45, 7) is 3.81. The molecule has 3 rings (SSSR count). The van der Waals surface area contributed by atoms with Crippen molar-refractivity contribution in [2.45, 2.75) is 19.9 Å². The second kappa shape index (κ2) is 7.68. The van der Waals surface area contributed by atoms with E-state index in [1.807, 2.05) is 43.5 Å². The van der Waals surface area contributed by atoms with Crippen LogP contribution < -0.4 is 10.6 Å². The first-order valence-corrected chi connectivity index (χ1v) is 9.12. The summed E-state index contributed by atoms with van der Waals surface area (Å²) in [6.07, 6.45) is 0. The van der Waals surface area contributed by atoms with Gasteiger partial charge in [-0.2, -0.15) is 0 Å². The number of aromatic nitrogens is 1. The number of carbonyl (C=O) groups excluding carboxylic acids is 1. The number of hydrogen-bond donors (Lipinski definition) is 2. The zero-order valence-electron chi connectivity index (χ0n) is 13.9. The van der Waals surface area contributed by atoms with Crippen molar-refractivity contribution in [1.29, 1.82) is 0 Å². The predicted octanol–water partition coefficient (Wildman–Crippen LogP) is 5.21. The van der Waals surface area contributed by atoms with Gasteiger partial charge in [0.2, 0.25) is 5.91 Å². The molecule has 1 aromatic heterocycles. The fraction of sp³-hybridized carbons (Fsp3) is 0.158. The lowest BCUT2D eigenvalue weighted by Crippen LogP contribution is -2.31. The van der Waals surface area contributed by atoms with E-state index in [0.717, 1.165) is 22.0 Å². The molecular weight excluding hydrogens is 354 g/mol. The van der Waals surface area contributed by atoms with E-state index in [-0.39, 0.29) is 11.9 Å². The molecule has 25 heavy (non-hydrogen) atoms. The molecule has 2 aromatic carbocycles. The molecule has 0 saturated carbocycles. The van der Waals surface area contributed by atoms with Crippen LogP contribution in [0.5, 0.6) is 0 Å². The van der Waals surface area contributed by atoms with Gasteiger partial charge >= 0.3 is 0 Å².